The summed E-state index contributed by atoms with van der Waals surface area (Å²) in [5.41, 5.74) is 8.95. The molecule has 2 N–H and O–H groups in total. The van der Waals surface area contributed by atoms with Gasteiger partial charge in [-0.05, 0) is 31.9 Å². The molecule has 2 heteroatoms. The summed E-state index contributed by atoms with van der Waals surface area (Å²) in [6.07, 6.45) is 2.33. The lowest BCUT2D eigenvalue weighted by atomic mass is 9.99. The van der Waals surface area contributed by atoms with Gasteiger partial charge in [0, 0.05) is 18.6 Å². The SMILES string of the molecule is CCCN1CC[C@H](N)[C@H]1c1cccc(C)c1. The quantitative estimate of drug-likeness (QED) is 0.844. The van der Waals surface area contributed by atoms with Crippen molar-refractivity contribution in [2.45, 2.75) is 38.8 Å². The summed E-state index contributed by atoms with van der Waals surface area (Å²) in [4.78, 5) is 2.53. The number of aryl methyl sites for hydroxylation is 1. The number of nitrogens with zero attached hydrogens (tertiary/aromatic N) is 1. The minimum absolute atomic E-state index is 0.299. The number of likely N-dealkylation sites (tertiary alicyclic amines) is 1. The largest absolute Gasteiger partial charge is 0.326 e. The molecule has 1 aromatic rings. The molecule has 0 saturated carbocycles. The fraction of sp³-hybridized carbons (Fsp3) is 0.571. The topological polar surface area (TPSA) is 29.3 Å². The van der Waals surface area contributed by atoms with E-state index < -0.39 is 0 Å². The lowest BCUT2D eigenvalue weighted by molar-refractivity contribution is 0.248. The molecule has 0 bridgehead atoms. The van der Waals surface area contributed by atoms with E-state index in [-0.39, 0.29) is 0 Å². The number of benzene rings is 1. The zero-order chi connectivity index (χ0) is 11.5. The fourth-order valence-corrected chi connectivity index (χ4v) is 2.73. The highest BCUT2D eigenvalue weighted by Crippen LogP contribution is 2.31. The number of hydrogen-bond donors (Lipinski definition) is 1. The molecule has 0 spiro atoms. The van der Waals surface area contributed by atoms with E-state index >= 15 is 0 Å². The van der Waals surface area contributed by atoms with Crippen LogP contribution in [0.15, 0.2) is 24.3 Å². The molecular formula is C14H22N2. The van der Waals surface area contributed by atoms with Gasteiger partial charge in [-0.3, -0.25) is 4.90 Å². The van der Waals surface area contributed by atoms with E-state index in [1.807, 2.05) is 0 Å². The van der Waals surface area contributed by atoms with E-state index in [0.29, 0.717) is 12.1 Å². The maximum atomic E-state index is 6.24. The Morgan fingerprint density at radius 3 is 2.94 bits per heavy atom. The summed E-state index contributed by atoms with van der Waals surface area (Å²) in [7, 11) is 0. The predicted octanol–water partition coefficient (Wildman–Crippen LogP) is 2.48. The van der Waals surface area contributed by atoms with Crippen LogP contribution in [0.1, 0.15) is 36.9 Å². The third-order valence-electron chi connectivity index (χ3n) is 3.44. The van der Waals surface area contributed by atoms with Crippen molar-refractivity contribution in [3.8, 4) is 0 Å². The Bertz CT molecular complexity index is 346. The van der Waals surface area contributed by atoms with Crippen LogP contribution >= 0.6 is 0 Å². The van der Waals surface area contributed by atoms with E-state index in [4.69, 9.17) is 5.73 Å². The summed E-state index contributed by atoms with van der Waals surface area (Å²) in [6.45, 7) is 6.69. The van der Waals surface area contributed by atoms with E-state index in [9.17, 15) is 0 Å². The van der Waals surface area contributed by atoms with E-state index in [1.165, 1.54) is 17.5 Å². The minimum atomic E-state index is 0.299. The first kappa shape index (κ1) is 11.6. The van der Waals surface area contributed by atoms with Crippen LogP contribution in [0.25, 0.3) is 0 Å². The molecule has 1 fully saturated rings. The molecule has 0 unspecified atom stereocenters. The second-order valence-electron chi connectivity index (χ2n) is 4.85. The first-order chi connectivity index (χ1) is 7.72. The summed E-state index contributed by atoms with van der Waals surface area (Å²) in [6, 6.07) is 9.51. The van der Waals surface area contributed by atoms with E-state index in [0.717, 1.165) is 19.5 Å². The Labute approximate surface area is 98.4 Å². The van der Waals surface area contributed by atoms with Crippen molar-refractivity contribution in [1.29, 1.82) is 0 Å². The second kappa shape index (κ2) is 4.98. The summed E-state index contributed by atoms with van der Waals surface area (Å²) in [5, 5.41) is 0. The van der Waals surface area contributed by atoms with Crippen LogP contribution in [0.2, 0.25) is 0 Å². The van der Waals surface area contributed by atoms with Crippen LogP contribution in [-0.4, -0.2) is 24.0 Å². The number of nitrogens with two attached hydrogens (primary N) is 1. The van der Waals surface area contributed by atoms with Gasteiger partial charge in [0.05, 0.1) is 0 Å². The molecule has 2 nitrogen and oxygen atoms in total. The van der Waals surface area contributed by atoms with E-state index in [1.54, 1.807) is 0 Å². The maximum absolute atomic E-state index is 6.24. The van der Waals surface area contributed by atoms with Gasteiger partial charge in [0.15, 0.2) is 0 Å². The van der Waals surface area contributed by atoms with Crippen molar-refractivity contribution in [3.05, 3.63) is 35.4 Å². The van der Waals surface area contributed by atoms with Crippen molar-refractivity contribution in [3.63, 3.8) is 0 Å². The van der Waals surface area contributed by atoms with Crippen LogP contribution in [0.4, 0.5) is 0 Å². The van der Waals surface area contributed by atoms with E-state index in [2.05, 4.69) is 43.0 Å². The van der Waals surface area contributed by atoms with Crippen molar-refractivity contribution in [1.82, 2.24) is 4.90 Å². The molecule has 2 rings (SSSR count). The lowest BCUT2D eigenvalue weighted by Gasteiger charge is -2.27. The van der Waals surface area contributed by atoms with Crippen LogP contribution in [-0.2, 0) is 0 Å². The highest BCUT2D eigenvalue weighted by atomic mass is 15.2. The Morgan fingerprint density at radius 2 is 2.25 bits per heavy atom. The Hall–Kier alpha value is -0.860. The van der Waals surface area contributed by atoms with Crippen LogP contribution in [0.5, 0.6) is 0 Å². The highest BCUT2D eigenvalue weighted by Gasteiger charge is 2.31. The van der Waals surface area contributed by atoms with Gasteiger partial charge in [-0.25, -0.2) is 0 Å². The predicted molar refractivity (Wildman–Crippen MR) is 68.4 cm³/mol. The molecule has 0 aliphatic carbocycles. The molecule has 0 amide bonds. The Kier molecular flexibility index (Phi) is 3.62. The first-order valence-electron chi connectivity index (χ1n) is 6.28. The monoisotopic (exact) mass is 218 g/mol. The average Bonchev–Trinajstić information content (AvgIpc) is 2.60. The van der Waals surface area contributed by atoms with Gasteiger partial charge in [-0.15, -0.1) is 0 Å². The van der Waals surface area contributed by atoms with Gasteiger partial charge < -0.3 is 5.73 Å². The molecule has 88 valence electrons. The average molecular weight is 218 g/mol. The van der Waals surface area contributed by atoms with Crippen LogP contribution in [0.3, 0.4) is 0 Å². The minimum Gasteiger partial charge on any atom is -0.326 e. The van der Waals surface area contributed by atoms with Gasteiger partial charge in [0.2, 0.25) is 0 Å². The first-order valence-corrected chi connectivity index (χ1v) is 6.28. The molecule has 16 heavy (non-hydrogen) atoms. The van der Waals surface area contributed by atoms with Gasteiger partial charge in [0.1, 0.15) is 0 Å². The summed E-state index contributed by atoms with van der Waals surface area (Å²) >= 11 is 0. The second-order valence-corrected chi connectivity index (χ2v) is 4.85. The van der Waals surface area contributed by atoms with Gasteiger partial charge in [-0.2, -0.15) is 0 Å². The zero-order valence-corrected chi connectivity index (χ0v) is 10.3. The molecule has 1 saturated heterocycles. The molecule has 1 aliphatic rings. The third-order valence-corrected chi connectivity index (χ3v) is 3.44. The summed E-state index contributed by atoms with van der Waals surface area (Å²) in [5.74, 6) is 0. The molecule has 0 aromatic heterocycles. The molecule has 1 aliphatic heterocycles. The molecule has 0 radical (unpaired) electrons. The van der Waals surface area contributed by atoms with Crippen molar-refractivity contribution >= 4 is 0 Å². The lowest BCUT2D eigenvalue weighted by Crippen LogP contribution is -2.32. The van der Waals surface area contributed by atoms with Crippen LogP contribution in [0, 0.1) is 6.92 Å². The van der Waals surface area contributed by atoms with Gasteiger partial charge in [-0.1, -0.05) is 36.8 Å². The molecule has 2 atom stereocenters. The number of hydrogen-bond acceptors (Lipinski definition) is 2. The molecule has 1 aromatic carbocycles. The summed E-state index contributed by atoms with van der Waals surface area (Å²) < 4.78 is 0. The fourth-order valence-electron chi connectivity index (χ4n) is 2.73. The van der Waals surface area contributed by atoms with Crippen molar-refractivity contribution in [2.75, 3.05) is 13.1 Å². The van der Waals surface area contributed by atoms with Crippen molar-refractivity contribution in [2.24, 2.45) is 5.73 Å². The Balaban J connectivity index is 2.22. The third kappa shape index (κ3) is 2.28. The van der Waals surface area contributed by atoms with Crippen LogP contribution < -0.4 is 5.73 Å². The highest BCUT2D eigenvalue weighted by molar-refractivity contribution is 5.27. The normalized spacial score (nSPS) is 26.2. The van der Waals surface area contributed by atoms with Gasteiger partial charge >= 0.3 is 0 Å². The van der Waals surface area contributed by atoms with Crippen molar-refractivity contribution < 1.29 is 0 Å². The molecular weight excluding hydrogens is 196 g/mol. The smallest absolute Gasteiger partial charge is 0.0499 e. The Morgan fingerprint density at radius 1 is 1.44 bits per heavy atom. The maximum Gasteiger partial charge on any atom is 0.0499 e. The number of rotatable bonds is 3. The standard InChI is InChI=1S/C14H22N2/c1-3-8-16-9-7-13(15)14(16)12-6-4-5-11(2)10-12/h4-6,10,13-14H,3,7-9,15H2,1-2H3/t13-,14+/m0/s1. The zero-order valence-electron chi connectivity index (χ0n) is 10.3. The molecule has 1 heterocycles. The van der Waals surface area contributed by atoms with Gasteiger partial charge in [0.25, 0.3) is 0 Å².